The summed E-state index contributed by atoms with van der Waals surface area (Å²) in [7, 11) is 1.95. The van der Waals surface area contributed by atoms with Crippen LogP contribution in [0.25, 0.3) is 5.52 Å². The third-order valence-electron chi connectivity index (χ3n) is 3.38. The van der Waals surface area contributed by atoms with Crippen LogP contribution in [0, 0.1) is 6.92 Å². The summed E-state index contributed by atoms with van der Waals surface area (Å²) in [6.45, 7) is 1.99. The highest BCUT2D eigenvalue weighted by molar-refractivity contribution is 5.54. The van der Waals surface area contributed by atoms with E-state index in [0.29, 0.717) is 0 Å². The molecule has 3 heterocycles. The normalized spacial score (nSPS) is 13.0. The molecule has 3 rings (SSSR count). The van der Waals surface area contributed by atoms with Crippen LogP contribution in [0.5, 0.6) is 0 Å². The molecule has 0 aliphatic rings. The van der Waals surface area contributed by atoms with E-state index in [2.05, 4.69) is 16.3 Å². The Kier molecular flexibility index (Phi) is 2.83. The van der Waals surface area contributed by atoms with E-state index in [-0.39, 0.29) is 6.04 Å². The average molecular weight is 255 g/mol. The quantitative estimate of drug-likeness (QED) is 0.773. The Labute approximate surface area is 111 Å². The predicted molar refractivity (Wildman–Crippen MR) is 73.8 cm³/mol. The Balaban J connectivity index is 1.92. The van der Waals surface area contributed by atoms with Crippen molar-refractivity contribution >= 4 is 5.52 Å². The van der Waals surface area contributed by atoms with Gasteiger partial charge in [0, 0.05) is 37.0 Å². The second-order valence-corrected chi connectivity index (χ2v) is 4.84. The van der Waals surface area contributed by atoms with E-state index >= 15 is 0 Å². The number of nitrogens with two attached hydrogens (primary N) is 1. The summed E-state index contributed by atoms with van der Waals surface area (Å²) in [5.74, 6) is 0. The Morgan fingerprint density at radius 1 is 1.37 bits per heavy atom. The van der Waals surface area contributed by atoms with Crippen LogP contribution < -0.4 is 5.73 Å². The molecule has 5 heteroatoms. The fourth-order valence-corrected chi connectivity index (χ4v) is 2.43. The highest BCUT2D eigenvalue weighted by atomic mass is 15.3. The van der Waals surface area contributed by atoms with Crippen LogP contribution in [0.15, 0.2) is 36.7 Å². The van der Waals surface area contributed by atoms with Gasteiger partial charge in [0.25, 0.3) is 0 Å². The smallest absolute Gasteiger partial charge is 0.0709 e. The fraction of sp³-hybridized carbons (Fsp3) is 0.286. The van der Waals surface area contributed by atoms with E-state index in [4.69, 9.17) is 5.73 Å². The largest absolute Gasteiger partial charge is 0.324 e. The van der Waals surface area contributed by atoms with Crippen molar-refractivity contribution in [3.8, 4) is 0 Å². The Morgan fingerprint density at radius 3 is 2.95 bits per heavy atom. The van der Waals surface area contributed by atoms with Gasteiger partial charge in [-0.25, -0.2) is 4.52 Å². The van der Waals surface area contributed by atoms with Crippen molar-refractivity contribution in [2.24, 2.45) is 12.8 Å². The van der Waals surface area contributed by atoms with Crippen molar-refractivity contribution in [1.82, 2.24) is 19.4 Å². The maximum atomic E-state index is 6.32. The zero-order chi connectivity index (χ0) is 13.4. The Hall–Kier alpha value is -2.14. The van der Waals surface area contributed by atoms with Gasteiger partial charge in [-0.15, -0.1) is 0 Å². The summed E-state index contributed by atoms with van der Waals surface area (Å²) >= 11 is 0. The third kappa shape index (κ3) is 2.13. The van der Waals surface area contributed by atoms with Gasteiger partial charge in [0.05, 0.1) is 17.4 Å². The maximum absolute atomic E-state index is 6.32. The zero-order valence-corrected chi connectivity index (χ0v) is 11.1. The molecule has 2 N–H and O–H groups in total. The second kappa shape index (κ2) is 4.51. The average Bonchev–Trinajstić information content (AvgIpc) is 2.93. The molecule has 0 spiro atoms. The standard InChI is InChI=1S/C14H17N5/c1-10-7-11(18(2)17-10)8-13(15)12-9-16-19-6-4-3-5-14(12)19/h3-7,9,13H,8,15H2,1-2H3. The number of aromatic nitrogens is 4. The topological polar surface area (TPSA) is 61.1 Å². The summed E-state index contributed by atoms with van der Waals surface area (Å²) in [6.07, 6.45) is 4.54. The van der Waals surface area contributed by atoms with Crippen molar-refractivity contribution in [2.45, 2.75) is 19.4 Å². The highest BCUT2D eigenvalue weighted by Crippen LogP contribution is 2.20. The van der Waals surface area contributed by atoms with Crippen LogP contribution in [0.4, 0.5) is 0 Å². The molecule has 0 bridgehead atoms. The molecule has 0 aromatic carbocycles. The van der Waals surface area contributed by atoms with Gasteiger partial charge in [0.2, 0.25) is 0 Å². The first-order valence-corrected chi connectivity index (χ1v) is 6.32. The molecule has 0 aliphatic carbocycles. The first-order valence-electron chi connectivity index (χ1n) is 6.32. The second-order valence-electron chi connectivity index (χ2n) is 4.84. The SMILES string of the molecule is Cc1cc(CC(N)c2cnn3ccccc23)n(C)n1. The molecule has 19 heavy (non-hydrogen) atoms. The van der Waals surface area contributed by atoms with Crippen LogP contribution >= 0.6 is 0 Å². The first-order chi connectivity index (χ1) is 9.15. The first kappa shape index (κ1) is 11.9. The molecular weight excluding hydrogens is 238 g/mol. The van der Waals surface area contributed by atoms with Gasteiger partial charge in [0.15, 0.2) is 0 Å². The van der Waals surface area contributed by atoms with Crippen LogP contribution in [-0.2, 0) is 13.5 Å². The van der Waals surface area contributed by atoms with Crippen molar-refractivity contribution < 1.29 is 0 Å². The van der Waals surface area contributed by atoms with Crippen molar-refractivity contribution in [3.05, 3.63) is 53.6 Å². The lowest BCUT2D eigenvalue weighted by molar-refractivity contribution is 0.642. The molecule has 98 valence electrons. The molecule has 3 aromatic rings. The number of hydrogen-bond acceptors (Lipinski definition) is 3. The van der Waals surface area contributed by atoms with Crippen LogP contribution in [0.1, 0.15) is 23.0 Å². The molecule has 0 fully saturated rings. The molecule has 0 aliphatic heterocycles. The predicted octanol–water partition coefficient (Wildman–Crippen LogP) is 1.62. The Morgan fingerprint density at radius 2 is 2.21 bits per heavy atom. The summed E-state index contributed by atoms with van der Waals surface area (Å²) in [5, 5.41) is 8.67. The summed E-state index contributed by atoms with van der Waals surface area (Å²) in [6, 6.07) is 8.00. The van der Waals surface area contributed by atoms with Gasteiger partial charge in [-0.05, 0) is 25.1 Å². The zero-order valence-electron chi connectivity index (χ0n) is 11.1. The van der Waals surface area contributed by atoms with Crippen molar-refractivity contribution in [2.75, 3.05) is 0 Å². The van der Waals surface area contributed by atoms with Crippen molar-refractivity contribution in [1.29, 1.82) is 0 Å². The number of pyridine rings is 1. The highest BCUT2D eigenvalue weighted by Gasteiger charge is 2.14. The molecule has 0 amide bonds. The lowest BCUT2D eigenvalue weighted by atomic mass is 10.0. The van der Waals surface area contributed by atoms with Gasteiger partial charge in [-0.2, -0.15) is 10.2 Å². The Bertz CT molecular complexity index is 710. The molecule has 3 aromatic heterocycles. The fourth-order valence-electron chi connectivity index (χ4n) is 2.43. The van der Waals surface area contributed by atoms with Gasteiger partial charge in [0.1, 0.15) is 0 Å². The van der Waals surface area contributed by atoms with Crippen LogP contribution in [-0.4, -0.2) is 19.4 Å². The minimum atomic E-state index is -0.0744. The molecule has 5 nitrogen and oxygen atoms in total. The van der Waals surface area contributed by atoms with E-state index in [1.165, 1.54) is 0 Å². The molecule has 0 saturated heterocycles. The number of rotatable bonds is 3. The van der Waals surface area contributed by atoms with Gasteiger partial charge >= 0.3 is 0 Å². The summed E-state index contributed by atoms with van der Waals surface area (Å²) in [5.41, 5.74) is 10.6. The van der Waals surface area contributed by atoms with E-state index < -0.39 is 0 Å². The summed E-state index contributed by atoms with van der Waals surface area (Å²) in [4.78, 5) is 0. The van der Waals surface area contributed by atoms with E-state index in [1.807, 2.05) is 53.8 Å². The summed E-state index contributed by atoms with van der Waals surface area (Å²) < 4.78 is 3.74. The van der Waals surface area contributed by atoms with Crippen molar-refractivity contribution in [3.63, 3.8) is 0 Å². The molecular formula is C14H17N5. The lowest BCUT2D eigenvalue weighted by Gasteiger charge is -2.10. The molecule has 1 atom stereocenters. The minimum Gasteiger partial charge on any atom is -0.324 e. The molecule has 0 saturated carbocycles. The number of fused-ring (bicyclic) bond motifs is 1. The van der Waals surface area contributed by atoms with E-state index in [1.54, 1.807) is 0 Å². The van der Waals surface area contributed by atoms with E-state index in [0.717, 1.165) is 28.9 Å². The number of aryl methyl sites for hydroxylation is 2. The lowest BCUT2D eigenvalue weighted by Crippen LogP contribution is -2.15. The van der Waals surface area contributed by atoms with Gasteiger partial charge in [-0.1, -0.05) is 6.07 Å². The number of hydrogen-bond donors (Lipinski definition) is 1. The monoisotopic (exact) mass is 255 g/mol. The van der Waals surface area contributed by atoms with Crippen LogP contribution in [0.3, 0.4) is 0 Å². The van der Waals surface area contributed by atoms with E-state index in [9.17, 15) is 0 Å². The van der Waals surface area contributed by atoms with Gasteiger partial charge in [-0.3, -0.25) is 4.68 Å². The van der Waals surface area contributed by atoms with Gasteiger partial charge < -0.3 is 5.73 Å². The molecule has 1 unspecified atom stereocenters. The third-order valence-corrected chi connectivity index (χ3v) is 3.38. The number of nitrogens with zero attached hydrogens (tertiary/aromatic N) is 4. The van der Waals surface area contributed by atoms with Crippen LogP contribution in [0.2, 0.25) is 0 Å². The maximum Gasteiger partial charge on any atom is 0.0709 e. The molecule has 0 radical (unpaired) electrons. The minimum absolute atomic E-state index is 0.0744.